The van der Waals surface area contributed by atoms with Crippen LogP contribution < -0.4 is 10.2 Å². The van der Waals surface area contributed by atoms with Gasteiger partial charge in [-0.2, -0.15) is 4.98 Å². The standard InChI is InChI=1S/C20H26N6O.C2H6/c1-14-7-6-8-15(13-14)21-20-24-17-18(25-20)22-16(9-12-27-2)23-19(17)26-10-4-3-5-11-26;1-2/h6-8,13H,3-5,9-12H2,1-2H3,(H2,21,22,23,24,25);1-2H3. The molecule has 0 saturated carbocycles. The summed E-state index contributed by atoms with van der Waals surface area (Å²) in [7, 11) is 1.70. The number of hydrogen-bond acceptors (Lipinski definition) is 6. The van der Waals surface area contributed by atoms with Crippen molar-refractivity contribution in [1.29, 1.82) is 0 Å². The van der Waals surface area contributed by atoms with Crippen LogP contribution in [0.4, 0.5) is 17.5 Å². The van der Waals surface area contributed by atoms with Crippen LogP contribution in [0.1, 0.15) is 44.5 Å². The molecule has 3 heterocycles. The lowest BCUT2D eigenvalue weighted by molar-refractivity contribution is 0.200. The molecule has 2 N–H and O–H groups in total. The number of aromatic amines is 1. The fourth-order valence-electron chi connectivity index (χ4n) is 3.48. The minimum absolute atomic E-state index is 0.601. The lowest BCUT2D eigenvalue weighted by Gasteiger charge is -2.28. The molecule has 0 unspecified atom stereocenters. The van der Waals surface area contributed by atoms with E-state index in [9.17, 15) is 0 Å². The number of aryl methyl sites for hydroxylation is 1. The van der Waals surface area contributed by atoms with Crippen LogP contribution in [-0.2, 0) is 11.2 Å². The number of nitrogens with zero attached hydrogens (tertiary/aromatic N) is 4. The van der Waals surface area contributed by atoms with Crippen molar-refractivity contribution in [2.75, 3.05) is 37.0 Å². The van der Waals surface area contributed by atoms with Gasteiger partial charge in [-0.05, 0) is 43.9 Å². The lowest BCUT2D eigenvalue weighted by Crippen LogP contribution is -2.30. The number of anilines is 3. The first-order valence-electron chi connectivity index (χ1n) is 10.6. The van der Waals surface area contributed by atoms with Crippen LogP contribution in [0.3, 0.4) is 0 Å². The number of hydrogen-bond donors (Lipinski definition) is 2. The van der Waals surface area contributed by atoms with Gasteiger partial charge < -0.3 is 19.9 Å². The summed E-state index contributed by atoms with van der Waals surface area (Å²) in [5.74, 6) is 2.42. The first-order chi connectivity index (χ1) is 14.2. The highest BCUT2D eigenvalue weighted by molar-refractivity contribution is 5.85. The zero-order valence-corrected chi connectivity index (χ0v) is 18.0. The highest BCUT2D eigenvalue weighted by Gasteiger charge is 2.20. The molecule has 0 amide bonds. The summed E-state index contributed by atoms with van der Waals surface area (Å²) in [6.45, 7) is 8.72. The molecule has 3 aromatic rings. The molecule has 1 aromatic carbocycles. The van der Waals surface area contributed by atoms with Gasteiger partial charge in [0.25, 0.3) is 0 Å². The van der Waals surface area contributed by atoms with E-state index in [1.165, 1.54) is 24.8 Å². The third-order valence-corrected chi connectivity index (χ3v) is 4.84. The zero-order chi connectivity index (χ0) is 20.6. The van der Waals surface area contributed by atoms with Gasteiger partial charge in [0.05, 0.1) is 6.61 Å². The molecule has 1 fully saturated rings. The summed E-state index contributed by atoms with van der Waals surface area (Å²) < 4.78 is 5.20. The quantitative estimate of drug-likeness (QED) is 0.633. The topological polar surface area (TPSA) is 79.0 Å². The van der Waals surface area contributed by atoms with Crippen molar-refractivity contribution >= 4 is 28.6 Å². The van der Waals surface area contributed by atoms with Crippen LogP contribution in [-0.4, -0.2) is 46.7 Å². The molecule has 0 atom stereocenters. The van der Waals surface area contributed by atoms with E-state index in [2.05, 4.69) is 44.2 Å². The first kappa shape index (κ1) is 21.0. The molecule has 1 aliphatic rings. The number of imidazole rings is 1. The molecule has 2 aromatic heterocycles. The molecule has 1 saturated heterocycles. The number of nitrogens with one attached hydrogen (secondary N) is 2. The molecule has 0 spiro atoms. The number of benzene rings is 1. The molecule has 0 aliphatic carbocycles. The number of methoxy groups -OCH3 is 1. The van der Waals surface area contributed by atoms with Gasteiger partial charge in [0.1, 0.15) is 11.3 Å². The monoisotopic (exact) mass is 396 g/mol. The summed E-state index contributed by atoms with van der Waals surface area (Å²) in [6.07, 6.45) is 4.36. The number of H-pyrrole nitrogens is 1. The smallest absolute Gasteiger partial charge is 0.207 e. The van der Waals surface area contributed by atoms with E-state index < -0.39 is 0 Å². The van der Waals surface area contributed by atoms with Gasteiger partial charge in [-0.1, -0.05) is 26.0 Å². The predicted octanol–water partition coefficient (Wildman–Crippen LogP) is 4.61. The van der Waals surface area contributed by atoms with Crippen LogP contribution in [0, 0.1) is 6.92 Å². The zero-order valence-electron chi connectivity index (χ0n) is 18.0. The van der Waals surface area contributed by atoms with Crippen molar-refractivity contribution in [3.8, 4) is 0 Å². The normalized spacial score (nSPS) is 13.9. The number of rotatable bonds is 6. The third kappa shape index (κ3) is 5.23. The second kappa shape index (κ2) is 10.2. The minimum Gasteiger partial charge on any atom is -0.384 e. The van der Waals surface area contributed by atoms with Gasteiger partial charge in [0, 0.05) is 32.3 Å². The van der Waals surface area contributed by atoms with Crippen LogP contribution in [0.15, 0.2) is 24.3 Å². The fourth-order valence-corrected chi connectivity index (χ4v) is 3.48. The van der Waals surface area contributed by atoms with E-state index in [-0.39, 0.29) is 0 Å². The SMILES string of the molecule is CC.COCCc1nc(N2CCCCC2)c2[nH]c(Nc3cccc(C)c3)nc2n1. The highest BCUT2D eigenvalue weighted by Crippen LogP contribution is 2.27. The second-order valence-corrected chi connectivity index (χ2v) is 7.03. The Labute approximate surface area is 172 Å². The largest absolute Gasteiger partial charge is 0.384 e. The van der Waals surface area contributed by atoms with Crippen molar-refractivity contribution in [2.45, 2.75) is 46.5 Å². The van der Waals surface area contributed by atoms with Crippen molar-refractivity contribution in [3.05, 3.63) is 35.7 Å². The Kier molecular flexibility index (Phi) is 7.41. The molecular formula is C22H32N6O. The van der Waals surface area contributed by atoms with Crippen LogP contribution in [0.2, 0.25) is 0 Å². The molecule has 29 heavy (non-hydrogen) atoms. The Bertz CT molecular complexity index is 917. The van der Waals surface area contributed by atoms with Gasteiger partial charge in [0.2, 0.25) is 5.95 Å². The van der Waals surface area contributed by atoms with Crippen molar-refractivity contribution in [2.24, 2.45) is 0 Å². The van der Waals surface area contributed by atoms with E-state index in [0.717, 1.165) is 35.9 Å². The number of ether oxygens (including phenoxy) is 1. The Hall–Kier alpha value is -2.67. The third-order valence-electron chi connectivity index (χ3n) is 4.84. The van der Waals surface area contributed by atoms with Crippen molar-refractivity contribution < 1.29 is 4.74 Å². The molecule has 7 nitrogen and oxygen atoms in total. The van der Waals surface area contributed by atoms with Gasteiger partial charge in [-0.3, -0.25) is 0 Å². The van der Waals surface area contributed by atoms with E-state index in [0.29, 0.717) is 24.6 Å². The second-order valence-electron chi connectivity index (χ2n) is 7.03. The van der Waals surface area contributed by atoms with Crippen molar-refractivity contribution in [3.63, 3.8) is 0 Å². The number of piperidine rings is 1. The maximum Gasteiger partial charge on any atom is 0.207 e. The average molecular weight is 397 g/mol. The van der Waals surface area contributed by atoms with E-state index in [1.54, 1.807) is 7.11 Å². The van der Waals surface area contributed by atoms with Crippen LogP contribution in [0.25, 0.3) is 11.2 Å². The average Bonchev–Trinajstić information content (AvgIpc) is 3.16. The number of aromatic nitrogens is 4. The Morgan fingerprint density at radius 1 is 1.10 bits per heavy atom. The first-order valence-corrected chi connectivity index (χ1v) is 10.6. The maximum absolute atomic E-state index is 5.20. The van der Waals surface area contributed by atoms with Crippen LogP contribution in [0.5, 0.6) is 0 Å². The van der Waals surface area contributed by atoms with Gasteiger partial charge in [-0.15, -0.1) is 0 Å². The predicted molar refractivity (Wildman–Crippen MR) is 119 cm³/mol. The van der Waals surface area contributed by atoms with E-state index in [1.807, 2.05) is 26.0 Å². The molecular weight excluding hydrogens is 364 g/mol. The summed E-state index contributed by atoms with van der Waals surface area (Å²) in [5.41, 5.74) is 3.80. The van der Waals surface area contributed by atoms with E-state index >= 15 is 0 Å². The molecule has 7 heteroatoms. The number of fused-ring (bicyclic) bond motifs is 1. The maximum atomic E-state index is 5.20. The highest BCUT2D eigenvalue weighted by atomic mass is 16.5. The molecule has 4 rings (SSSR count). The Balaban J connectivity index is 0.00000117. The summed E-state index contributed by atoms with van der Waals surface area (Å²) in [4.78, 5) is 19.9. The molecule has 0 radical (unpaired) electrons. The molecule has 156 valence electrons. The summed E-state index contributed by atoms with van der Waals surface area (Å²) in [6, 6.07) is 8.23. The van der Waals surface area contributed by atoms with Crippen LogP contribution >= 0.6 is 0 Å². The van der Waals surface area contributed by atoms with Gasteiger partial charge >= 0.3 is 0 Å². The fraction of sp³-hybridized carbons (Fsp3) is 0.500. The van der Waals surface area contributed by atoms with E-state index in [4.69, 9.17) is 9.72 Å². The van der Waals surface area contributed by atoms with Crippen molar-refractivity contribution in [1.82, 2.24) is 19.9 Å². The van der Waals surface area contributed by atoms with Gasteiger partial charge in [-0.25, -0.2) is 9.97 Å². The summed E-state index contributed by atoms with van der Waals surface area (Å²) >= 11 is 0. The Morgan fingerprint density at radius 3 is 2.62 bits per heavy atom. The Morgan fingerprint density at radius 2 is 1.90 bits per heavy atom. The summed E-state index contributed by atoms with van der Waals surface area (Å²) in [5, 5.41) is 3.35. The van der Waals surface area contributed by atoms with Gasteiger partial charge in [0.15, 0.2) is 11.5 Å². The molecule has 0 bridgehead atoms. The molecule has 1 aliphatic heterocycles. The lowest BCUT2D eigenvalue weighted by atomic mass is 10.1. The minimum atomic E-state index is 0.601.